The van der Waals surface area contributed by atoms with E-state index in [0.717, 1.165) is 27.0 Å². The Morgan fingerprint density at radius 2 is 2.17 bits per heavy atom. The fourth-order valence-electron chi connectivity index (χ4n) is 1.67. The van der Waals surface area contributed by atoms with E-state index in [2.05, 4.69) is 26.2 Å². The summed E-state index contributed by atoms with van der Waals surface area (Å²) < 4.78 is 1.02. The second kappa shape index (κ2) is 5.46. The second-order valence-corrected chi connectivity index (χ2v) is 5.28. The molecule has 5 heteroatoms. The zero-order valence-corrected chi connectivity index (χ0v) is 12.2. The number of thiocarbonyl (C=S) groups is 1. The quantitative estimate of drug-likeness (QED) is 0.849. The molecule has 0 aliphatic heterocycles. The number of hydrogen-bond acceptors (Lipinski definition) is 3. The monoisotopic (exact) mass is 321 g/mol. The molecule has 0 radical (unpaired) electrons. The summed E-state index contributed by atoms with van der Waals surface area (Å²) in [4.78, 5) is 4.43. The van der Waals surface area contributed by atoms with Gasteiger partial charge < -0.3 is 11.1 Å². The lowest BCUT2D eigenvalue weighted by Crippen LogP contribution is -2.12. The minimum Gasteiger partial charge on any atom is -0.389 e. The largest absolute Gasteiger partial charge is 0.389 e. The van der Waals surface area contributed by atoms with Gasteiger partial charge in [0.15, 0.2) is 0 Å². The number of hydrogen-bond donors (Lipinski definition) is 2. The van der Waals surface area contributed by atoms with Crippen LogP contribution in [0, 0.1) is 6.92 Å². The molecule has 2 aromatic rings. The summed E-state index contributed by atoms with van der Waals surface area (Å²) in [5, 5.41) is 3.28. The van der Waals surface area contributed by atoms with Crippen molar-refractivity contribution in [1.29, 1.82) is 0 Å². The minimum atomic E-state index is 0.353. The van der Waals surface area contributed by atoms with E-state index < -0.39 is 0 Å². The van der Waals surface area contributed by atoms with E-state index in [1.807, 2.05) is 25.1 Å². The van der Waals surface area contributed by atoms with Crippen LogP contribution in [0.4, 0.5) is 11.4 Å². The van der Waals surface area contributed by atoms with E-state index in [0.29, 0.717) is 4.99 Å². The standard InChI is InChI=1S/C13H12BrN3S/c1-8-4-9(14)6-10(5-8)17-12-7-16-3-2-11(12)13(15)18/h2-7,17H,1H3,(H2,15,18). The second-order valence-electron chi connectivity index (χ2n) is 3.93. The lowest BCUT2D eigenvalue weighted by atomic mass is 10.2. The Hall–Kier alpha value is -1.46. The Labute approximate surface area is 120 Å². The molecule has 0 aliphatic carbocycles. The molecule has 0 amide bonds. The molecule has 2 rings (SSSR count). The molecular formula is C13H12BrN3S. The maximum atomic E-state index is 5.68. The molecule has 0 bridgehead atoms. The van der Waals surface area contributed by atoms with E-state index in [9.17, 15) is 0 Å². The Balaban J connectivity index is 2.37. The lowest BCUT2D eigenvalue weighted by molar-refractivity contribution is 1.31. The predicted octanol–water partition coefficient (Wildman–Crippen LogP) is 3.53. The number of rotatable bonds is 3. The molecule has 0 fully saturated rings. The van der Waals surface area contributed by atoms with E-state index in [1.54, 1.807) is 18.5 Å². The third kappa shape index (κ3) is 3.05. The Bertz CT molecular complexity index is 578. The van der Waals surface area contributed by atoms with Gasteiger partial charge in [-0.1, -0.05) is 28.1 Å². The number of aromatic nitrogens is 1. The van der Waals surface area contributed by atoms with Crippen LogP contribution in [0.1, 0.15) is 11.1 Å². The average Bonchev–Trinajstić information content (AvgIpc) is 2.27. The van der Waals surface area contributed by atoms with E-state index in [1.165, 1.54) is 0 Å². The molecule has 0 atom stereocenters. The van der Waals surface area contributed by atoms with Crippen molar-refractivity contribution in [2.45, 2.75) is 6.92 Å². The number of nitrogens with two attached hydrogens (primary N) is 1. The fraction of sp³-hybridized carbons (Fsp3) is 0.0769. The summed E-state index contributed by atoms with van der Waals surface area (Å²) in [6.07, 6.45) is 3.39. The van der Waals surface area contributed by atoms with Gasteiger partial charge in [0.05, 0.1) is 11.9 Å². The summed E-state index contributed by atoms with van der Waals surface area (Å²) in [6, 6.07) is 7.88. The van der Waals surface area contributed by atoms with E-state index in [4.69, 9.17) is 18.0 Å². The van der Waals surface area contributed by atoms with E-state index in [-0.39, 0.29) is 0 Å². The highest BCUT2D eigenvalue weighted by atomic mass is 79.9. The van der Waals surface area contributed by atoms with Gasteiger partial charge in [-0.15, -0.1) is 0 Å². The smallest absolute Gasteiger partial charge is 0.106 e. The van der Waals surface area contributed by atoms with Gasteiger partial charge in [-0.05, 0) is 36.8 Å². The number of nitrogens with one attached hydrogen (secondary N) is 1. The zero-order chi connectivity index (χ0) is 13.1. The lowest BCUT2D eigenvalue weighted by Gasteiger charge is -2.11. The van der Waals surface area contributed by atoms with Gasteiger partial charge >= 0.3 is 0 Å². The highest BCUT2D eigenvalue weighted by Gasteiger charge is 2.05. The van der Waals surface area contributed by atoms with E-state index >= 15 is 0 Å². The van der Waals surface area contributed by atoms with Crippen LogP contribution in [0.5, 0.6) is 0 Å². The molecule has 1 aromatic heterocycles. The van der Waals surface area contributed by atoms with Crippen molar-refractivity contribution in [3.8, 4) is 0 Å². The van der Waals surface area contributed by atoms with Gasteiger partial charge in [0.2, 0.25) is 0 Å². The van der Waals surface area contributed by atoms with Gasteiger partial charge in [0.25, 0.3) is 0 Å². The molecule has 0 unspecified atom stereocenters. The number of aryl methyl sites for hydroxylation is 1. The van der Waals surface area contributed by atoms with Crippen LogP contribution >= 0.6 is 28.1 Å². The molecule has 0 saturated carbocycles. The topological polar surface area (TPSA) is 50.9 Å². The number of pyridine rings is 1. The van der Waals surface area contributed by atoms with Crippen LogP contribution < -0.4 is 11.1 Å². The first-order chi connectivity index (χ1) is 8.56. The molecule has 0 spiro atoms. The maximum Gasteiger partial charge on any atom is 0.106 e. The summed E-state index contributed by atoms with van der Waals surface area (Å²) in [6.45, 7) is 2.04. The van der Waals surface area contributed by atoms with Gasteiger partial charge in [-0.3, -0.25) is 4.98 Å². The maximum absolute atomic E-state index is 5.68. The van der Waals surface area contributed by atoms with Crippen molar-refractivity contribution in [3.05, 3.63) is 52.3 Å². The first-order valence-corrected chi connectivity index (χ1v) is 6.54. The van der Waals surface area contributed by atoms with Gasteiger partial charge in [-0.2, -0.15) is 0 Å². The Morgan fingerprint density at radius 1 is 1.39 bits per heavy atom. The molecule has 1 aromatic carbocycles. The van der Waals surface area contributed by atoms with Crippen LogP contribution in [0.3, 0.4) is 0 Å². The predicted molar refractivity (Wildman–Crippen MR) is 82.3 cm³/mol. The van der Waals surface area contributed by atoms with Gasteiger partial charge in [-0.25, -0.2) is 0 Å². The number of nitrogens with zero attached hydrogens (tertiary/aromatic N) is 1. The van der Waals surface area contributed by atoms with Crippen LogP contribution in [0.25, 0.3) is 0 Å². The highest BCUT2D eigenvalue weighted by molar-refractivity contribution is 9.10. The zero-order valence-electron chi connectivity index (χ0n) is 9.77. The third-order valence-corrected chi connectivity index (χ3v) is 3.09. The van der Waals surface area contributed by atoms with Crippen molar-refractivity contribution in [3.63, 3.8) is 0 Å². The summed E-state index contributed by atoms with van der Waals surface area (Å²) >= 11 is 8.49. The first kappa shape index (κ1) is 13.0. The van der Waals surface area contributed by atoms with Crippen LogP contribution in [0.2, 0.25) is 0 Å². The summed E-state index contributed by atoms with van der Waals surface area (Å²) in [5.41, 5.74) is 9.40. The molecule has 0 aliphatic rings. The van der Waals surface area contributed by atoms with Gasteiger partial charge in [0, 0.05) is 21.9 Å². The van der Waals surface area contributed by atoms with Gasteiger partial charge in [0.1, 0.15) is 4.99 Å². The van der Waals surface area contributed by atoms with Crippen molar-refractivity contribution in [1.82, 2.24) is 4.98 Å². The molecule has 0 saturated heterocycles. The van der Waals surface area contributed by atoms with Crippen LogP contribution in [0.15, 0.2) is 41.1 Å². The van der Waals surface area contributed by atoms with Crippen molar-refractivity contribution >= 4 is 44.5 Å². The normalized spacial score (nSPS) is 10.1. The molecular weight excluding hydrogens is 310 g/mol. The molecule has 3 N–H and O–H groups in total. The molecule has 92 valence electrons. The number of halogens is 1. The SMILES string of the molecule is Cc1cc(Br)cc(Nc2cnccc2C(N)=S)c1. The number of benzene rings is 1. The van der Waals surface area contributed by atoms with Crippen molar-refractivity contribution in [2.75, 3.05) is 5.32 Å². The Kier molecular flexibility index (Phi) is 3.93. The molecule has 1 heterocycles. The summed E-state index contributed by atoms with van der Waals surface area (Å²) in [7, 11) is 0. The number of anilines is 2. The Morgan fingerprint density at radius 3 is 2.83 bits per heavy atom. The minimum absolute atomic E-state index is 0.353. The molecule has 3 nitrogen and oxygen atoms in total. The van der Waals surface area contributed by atoms with Crippen molar-refractivity contribution in [2.24, 2.45) is 5.73 Å². The third-order valence-electron chi connectivity index (χ3n) is 2.41. The summed E-state index contributed by atoms with van der Waals surface area (Å²) in [5.74, 6) is 0. The highest BCUT2D eigenvalue weighted by Crippen LogP contribution is 2.24. The first-order valence-electron chi connectivity index (χ1n) is 5.34. The van der Waals surface area contributed by atoms with Crippen LogP contribution in [-0.4, -0.2) is 9.97 Å². The average molecular weight is 322 g/mol. The van der Waals surface area contributed by atoms with Crippen LogP contribution in [-0.2, 0) is 0 Å². The molecule has 18 heavy (non-hydrogen) atoms. The fourth-order valence-corrected chi connectivity index (χ4v) is 2.46. The van der Waals surface area contributed by atoms with Crippen molar-refractivity contribution < 1.29 is 0 Å².